The lowest BCUT2D eigenvalue weighted by molar-refractivity contribution is -0.156. The number of ketones is 1. The number of ether oxygens (including phenoxy) is 2. The van der Waals surface area contributed by atoms with Gasteiger partial charge in [0.1, 0.15) is 6.10 Å². The van der Waals surface area contributed by atoms with Crippen LogP contribution in [0.1, 0.15) is 12.5 Å². The molecular weight excluding hydrogens is 302 g/mol. The number of benzene rings is 1. The summed E-state index contributed by atoms with van der Waals surface area (Å²) in [6.45, 7) is 0.403. The molecule has 0 radical (unpaired) electrons. The highest BCUT2D eigenvalue weighted by molar-refractivity contribution is 7.71. The maximum Gasteiger partial charge on any atom is 0.218 e. The lowest BCUT2D eigenvalue weighted by atomic mass is 10.0. The molecule has 3 atom stereocenters. The van der Waals surface area contributed by atoms with Crippen molar-refractivity contribution in [3.8, 4) is 11.4 Å². The third-order valence-corrected chi connectivity index (χ3v) is 4.62. The first-order chi connectivity index (χ1) is 10.6. The van der Waals surface area contributed by atoms with Crippen LogP contribution in [-0.4, -0.2) is 39.1 Å². The van der Waals surface area contributed by atoms with E-state index in [1.165, 1.54) is 0 Å². The van der Waals surface area contributed by atoms with E-state index in [4.69, 9.17) is 21.7 Å². The smallest absolute Gasteiger partial charge is 0.218 e. The predicted molar refractivity (Wildman–Crippen MR) is 80.7 cm³/mol. The fourth-order valence-corrected chi connectivity index (χ4v) is 3.24. The highest BCUT2D eigenvalue weighted by Gasteiger charge is 2.45. The zero-order valence-electron chi connectivity index (χ0n) is 12.0. The molecule has 22 heavy (non-hydrogen) atoms. The van der Waals surface area contributed by atoms with Gasteiger partial charge in [0.05, 0.1) is 12.6 Å². The van der Waals surface area contributed by atoms with Gasteiger partial charge in [-0.1, -0.05) is 30.3 Å². The van der Waals surface area contributed by atoms with Gasteiger partial charge < -0.3 is 14.0 Å². The molecule has 7 heteroatoms. The fourth-order valence-electron chi connectivity index (χ4n) is 2.98. The average Bonchev–Trinajstić information content (AvgIpc) is 3.09. The van der Waals surface area contributed by atoms with Gasteiger partial charge in [-0.15, -0.1) is 0 Å². The molecule has 2 fully saturated rings. The molecule has 0 N–H and O–H groups in total. The topological polar surface area (TPSA) is 58.3 Å². The average molecular weight is 317 g/mol. The van der Waals surface area contributed by atoms with E-state index in [0.29, 0.717) is 17.8 Å². The molecule has 3 heterocycles. The molecule has 0 spiro atoms. The van der Waals surface area contributed by atoms with E-state index in [2.05, 4.69) is 5.10 Å². The SMILES string of the molecule is Cn1c(-c2ccccc2)nn([C@H]2CC(=O)[C@@H]3OC[C@H]2O3)c1=S. The first kappa shape index (κ1) is 13.8. The Morgan fingerprint density at radius 1 is 1.32 bits per heavy atom. The number of carbonyl (C=O) groups is 1. The van der Waals surface area contributed by atoms with Crippen molar-refractivity contribution in [2.24, 2.45) is 7.05 Å². The third kappa shape index (κ3) is 2.05. The van der Waals surface area contributed by atoms with Crippen molar-refractivity contribution in [2.75, 3.05) is 6.61 Å². The molecule has 6 nitrogen and oxygen atoms in total. The Kier molecular flexibility index (Phi) is 3.21. The maximum atomic E-state index is 12.0. The summed E-state index contributed by atoms with van der Waals surface area (Å²) in [7, 11) is 1.88. The van der Waals surface area contributed by atoms with E-state index >= 15 is 0 Å². The van der Waals surface area contributed by atoms with E-state index in [-0.39, 0.29) is 17.9 Å². The largest absolute Gasteiger partial charge is 0.343 e. The molecule has 114 valence electrons. The second-order valence-electron chi connectivity index (χ2n) is 5.55. The van der Waals surface area contributed by atoms with Gasteiger partial charge in [-0.05, 0) is 12.2 Å². The summed E-state index contributed by atoms with van der Waals surface area (Å²) in [6.07, 6.45) is -0.532. The van der Waals surface area contributed by atoms with E-state index < -0.39 is 6.29 Å². The minimum Gasteiger partial charge on any atom is -0.343 e. The van der Waals surface area contributed by atoms with Gasteiger partial charge in [0.15, 0.2) is 16.4 Å². The summed E-state index contributed by atoms with van der Waals surface area (Å²) in [5, 5.41) is 4.64. The molecule has 4 rings (SSSR count). The molecule has 1 aromatic carbocycles. The summed E-state index contributed by atoms with van der Waals surface area (Å²) in [6, 6.07) is 9.64. The van der Waals surface area contributed by atoms with Crippen molar-refractivity contribution < 1.29 is 14.3 Å². The van der Waals surface area contributed by atoms with E-state index in [1.54, 1.807) is 4.68 Å². The number of aromatic nitrogens is 3. The van der Waals surface area contributed by atoms with Crippen LogP contribution in [0, 0.1) is 4.77 Å². The quantitative estimate of drug-likeness (QED) is 0.792. The highest BCUT2D eigenvalue weighted by atomic mass is 32.1. The summed E-state index contributed by atoms with van der Waals surface area (Å²) in [5.41, 5.74) is 0.985. The van der Waals surface area contributed by atoms with Crippen LogP contribution in [0.5, 0.6) is 0 Å². The van der Waals surface area contributed by atoms with Crippen LogP contribution < -0.4 is 0 Å². The van der Waals surface area contributed by atoms with Gasteiger partial charge in [-0.3, -0.25) is 4.79 Å². The van der Waals surface area contributed by atoms with E-state index in [0.717, 1.165) is 11.4 Å². The summed E-state index contributed by atoms with van der Waals surface area (Å²) < 4.78 is 15.1. The van der Waals surface area contributed by atoms with Crippen LogP contribution >= 0.6 is 12.2 Å². The lowest BCUT2D eigenvalue weighted by Crippen LogP contribution is -2.37. The number of hydrogen-bond acceptors (Lipinski definition) is 5. The van der Waals surface area contributed by atoms with Crippen LogP contribution in [0.15, 0.2) is 30.3 Å². The maximum absolute atomic E-state index is 12.0. The molecule has 0 saturated carbocycles. The Morgan fingerprint density at radius 2 is 2.09 bits per heavy atom. The van der Waals surface area contributed by atoms with Crippen molar-refractivity contribution in [1.82, 2.24) is 14.3 Å². The zero-order chi connectivity index (χ0) is 15.3. The number of hydrogen-bond donors (Lipinski definition) is 0. The first-order valence-corrected chi connectivity index (χ1v) is 7.56. The number of fused-ring (bicyclic) bond motifs is 2. The zero-order valence-corrected chi connectivity index (χ0v) is 12.8. The number of rotatable bonds is 2. The predicted octanol–water partition coefficient (Wildman–Crippen LogP) is 1.87. The van der Waals surface area contributed by atoms with Crippen LogP contribution in [0.25, 0.3) is 11.4 Å². The normalized spacial score (nSPS) is 27.3. The van der Waals surface area contributed by atoms with E-state index in [1.807, 2.05) is 41.9 Å². The van der Waals surface area contributed by atoms with E-state index in [9.17, 15) is 4.79 Å². The van der Waals surface area contributed by atoms with Gasteiger partial charge in [0.2, 0.25) is 6.29 Å². The molecule has 1 aromatic heterocycles. The summed E-state index contributed by atoms with van der Waals surface area (Å²) in [4.78, 5) is 12.0. The lowest BCUT2D eigenvalue weighted by Gasteiger charge is -2.26. The van der Waals surface area contributed by atoms with Crippen LogP contribution in [0.4, 0.5) is 0 Å². The standard InChI is InChI=1S/C15H15N3O3S/c1-17-13(9-5-3-2-4-6-9)16-18(15(17)22)10-7-11(19)14-20-8-12(10)21-14/h2-6,10,12,14H,7-8H2,1H3/t10-,12+,14+/m0/s1. The molecule has 2 aliphatic heterocycles. The van der Waals surface area contributed by atoms with Crippen molar-refractivity contribution in [2.45, 2.75) is 24.9 Å². The molecule has 0 amide bonds. The number of carbonyl (C=O) groups excluding carboxylic acids is 1. The molecule has 2 bridgehead atoms. The summed E-state index contributed by atoms with van der Waals surface area (Å²) in [5.74, 6) is 0.728. The van der Waals surface area contributed by atoms with Gasteiger partial charge in [-0.25, -0.2) is 4.68 Å². The second-order valence-corrected chi connectivity index (χ2v) is 5.92. The fraction of sp³-hybridized carbons (Fsp3) is 0.400. The van der Waals surface area contributed by atoms with Crippen molar-refractivity contribution in [3.05, 3.63) is 35.1 Å². The van der Waals surface area contributed by atoms with Crippen LogP contribution in [0.2, 0.25) is 0 Å². The Labute approximate surface area is 132 Å². The first-order valence-electron chi connectivity index (χ1n) is 7.16. The highest BCUT2D eigenvalue weighted by Crippen LogP contribution is 2.33. The molecule has 2 saturated heterocycles. The molecule has 0 aliphatic carbocycles. The third-order valence-electron chi connectivity index (χ3n) is 4.16. The van der Waals surface area contributed by atoms with Crippen LogP contribution in [0.3, 0.4) is 0 Å². The monoisotopic (exact) mass is 317 g/mol. The Hall–Kier alpha value is -1.83. The number of Topliss-reactive ketones (excluding diaryl/α,β-unsaturated/α-hetero) is 1. The Morgan fingerprint density at radius 3 is 2.86 bits per heavy atom. The molecular formula is C15H15N3O3S. The van der Waals surface area contributed by atoms with Crippen molar-refractivity contribution in [1.29, 1.82) is 0 Å². The van der Waals surface area contributed by atoms with Gasteiger partial charge in [0.25, 0.3) is 0 Å². The van der Waals surface area contributed by atoms with Crippen molar-refractivity contribution >= 4 is 18.0 Å². The second kappa shape index (κ2) is 5.12. The van der Waals surface area contributed by atoms with Gasteiger partial charge >= 0.3 is 0 Å². The minimum atomic E-state index is -0.701. The molecule has 0 unspecified atom stereocenters. The van der Waals surface area contributed by atoms with Crippen LogP contribution in [-0.2, 0) is 21.3 Å². The molecule has 2 aliphatic rings. The Balaban J connectivity index is 1.77. The minimum absolute atomic E-state index is 0.0486. The van der Waals surface area contributed by atoms with Gasteiger partial charge in [-0.2, -0.15) is 5.10 Å². The van der Waals surface area contributed by atoms with Gasteiger partial charge in [0, 0.05) is 19.0 Å². The summed E-state index contributed by atoms with van der Waals surface area (Å²) >= 11 is 5.50. The van der Waals surface area contributed by atoms with Crippen molar-refractivity contribution in [3.63, 3.8) is 0 Å². The Bertz CT molecular complexity index is 783. The molecule has 2 aromatic rings. The number of nitrogens with zero attached hydrogens (tertiary/aromatic N) is 3.